The highest BCUT2D eigenvalue weighted by Gasteiger charge is 2.25. The molecule has 7 aromatic carbocycles. The molecule has 0 saturated heterocycles. The van der Waals surface area contributed by atoms with Gasteiger partial charge in [0.1, 0.15) is 11.5 Å². The smallest absolute Gasteiger partial charge is 0.165 e. The zero-order chi connectivity index (χ0) is 37.4. The number of rotatable bonds is 4. The predicted octanol–water partition coefficient (Wildman–Crippen LogP) is 11.8. The molecule has 2 bridgehead atoms. The van der Waals surface area contributed by atoms with Crippen molar-refractivity contribution in [3.05, 3.63) is 175 Å². The largest absolute Gasteiger partial charge is 0.357 e. The number of fused-ring (bicyclic) bond motifs is 9. The van der Waals surface area contributed by atoms with E-state index in [-0.39, 0.29) is 0 Å². The highest BCUT2D eigenvalue weighted by atomic mass is 15.3. The van der Waals surface area contributed by atoms with Gasteiger partial charge in [-0.25, -0.2) is 9.97 Å². The summed E-state index contributed by atoms with van der Waals surface area (Å²) in [6, 6.07) is 53.1. The minimum Gasteiger partial charge on any atom is -0.357 e. The fourth-order valence-corrected chi connectivity index (χ4v) is 9.68. The molecule has 5 heterocycles. The second-order valence-electron chi connectivity index (χ2n) is 15.5. The lowest BCUT2D eigenvalue weighted by Crippen LogP contribution is -2.22. The van der Waals surface area contributed by atoms with Gasteiger partial charge in [0.2, 0.25) is 0 Å². The Morgan fingerprint density at radius 1 is 0.509 bits per heavy atom. The van der Waals surface area contributed by atoms with Crippen molar-refractivity contribution in [2.45, 2.75) is 6.42 Å². The maximum atomic E-state index is 5.43. The highest BCUT2D eigenvalue weighted by molar-refractivity contribution is 6.20. The summed E-state index contributed by atoms with van der Waals surface area (Å²) in [6.45, 7) is 0.871. The summed E-state index contributed by atoms with van der Waals surface area (Å²) in [5, 5.41) is 7.36. The summed E-state index contributed by atoms with van der Waals surface area (Å²) >= 11 is 0. The van der Waals surface area contributed by atoms with Crippen LogP contribution in [0.15, 0.2) is 164 Å². The topological polar surface area (TPSA) is 43.8 Å². The van der Waals surface area contributed by atoms with Crippen LogP contribution >= 0.6 is 0 Å². The van der Waals surface area contributed by atoms with Gasteiger partial charge in [-0.3, -0.25) is 9.13 Å². The lowest BCUT2D eigenvalue weighted by atomic mass is 9.91. The second kappa shape index (κ2) is 11.3. The zero-order valence-electron chi connectivity index (χ0n) is 31.2. The molecule has 11 aromatic rings. The Labute approximate surface area is 327 Å². The number of benzene rings is 7. The molecule has 268 valence electrons. The van der Waals surface area contributed by atoms with E-state index >= 15 is 0 Å². The Morgan fingerprint density at radius 3 is 1.84 bits per heavy atom. The van der Waals surface area contributed by atoms with Crippen molar-refractivity contribution in [1.29, 1.82) is 0 Å². The quantitative estimate of drug-likeness (QED) is 0.181. The van der Waals surface area contributed by atoms with Crippen molar-refractivity contribution in [2.75, 3.05) is 13.6 Å². The van der Waals surface area contributed by atoms with E-state index in [0.29, 0.717) is 0 Å². The molecular weight excluding hydrogens is 697 g/mol. The van der Waals surface area contributed by atoms with Crippen molar-refractivity contribution in [2.24, 2.45) is 0 Å². The average molecular weight is 731 g/mol. The average Bonchev–Trinajstić information content (AvgIpc) is 3.87. The molecule has 0 N–H and O–H groups in total. The van der Waals surface area contributed by atoms with Gasteiger partial charge in [-0.05, 0) is 78.2 Å². The first-order chi connectivity index (χ1) is 28.2. The standard InChI is InChI=1S/C51H34N6/c1-54-24-12-11-21-48(54)56-43-19-9-6-17-37(43)40-29-39-36-16-5-8-18-42(36)55(46(39)30-47(40)56)34-22-23-45-38(28-34)35-15-7-10-20-44(35)57(45)51-50(32-13-3-2-4-14-32)53-49-33-25-31(26-33)27-41(49)52-51/h2-23,25,27-30H,24,26H2,1H3. The van der Waals surface area contributed by atoms with Gasteiger partial charge in [0.15, 0.2) is 5.82 Å². The first kappa shape index (κ1) is 30.8. The molecule has 0 atom stereocenters. The predicted molar refractivity (Wildman–Crippen MR) is 236 cm³/mol. The van der Waals surface area contributed by atoms with Crippen LogP contribution < -0.4 is 0 Å². The lowest BCUT2D eigenvalue weighted by Gasteiger charge is -2.25. The molecule has 6 heteroatoms. The third-order valence-electron chi connectivity index (χ3n) is 12.3. The molecule has 6 nitrogen and oxygen atoms in total. The van der Waals surface area contributed by atoms with Crippen LogP contribution in [0.25, 0.3) is 105 Å². The fraction of sp³-hybridized carbons (Fsp3) is 0.0588. The minimum absolute atomic E-state index is 0.849. The fourth-order valence-electron chi connectivity index (χ4n) is 9.68. The molecule has 0 saturated carbocycles. The van der Waals surface area contributed by atoms with Crippen molar-refractivity contribution < 1.29 is 0 Å². The summed E-state index contributed by atoms with van der Waals surface area (Å²) in [5.74, 6) is 2.02. The van der Waals surface area contributed by atoms with Crippen LogP contribution in [0.4, 0.5) is 0 Å². The maximum Gasteiger partial charge on any atom is 0.165 e. The summed E-state index contributed by atoms with van der Waals surface area (Å²) in [7, 11) is 2.17. The number of hydrogen-bond donors (Lipinski definition) is 0. The molecule has 14 rings (SSSR count). The van der Waals surface area contributed by atoms with Gasteiger partial charge in [0.25, 0.3) is 0 Å². The van der Waals surface area contributed by atoms with E-state index < -0.39 is 0 Å². The molecule has 0 amide bonds. The number of allylic oxidation sites excluding steroid dienone is 2. The Balaban J connectivity index is 1.10. The number of likely N-dealkylation sites (N-methyl/N-ethyl adjacent to an activating group) is 1. The first-order valence-electron chi connectivity index (χ1n) is 19.7. The Morgan fingerprint density at radius 2 is 1.12 bits per heavy atom. The third kappa shape index (κ3) is 4.24. The van der Waals surface area contributed by atoms with Gasteiger partial charge in [0, 0.05) is 57.2 Å². The van der Waals surface area contributed by atoms with Crippen molar-refractivity contribution in [1.82, 2.24) is 28.6 Å². The van der Waals surface area contributed by atoms with Gasteiger partial charge in [0.05, 0.1) is 44.1 Å². The van der Waals surface area contributed by atoms with Gasteiger partial charge < -0.3 is 9.47 Å². The minimum atomic E-state index is 0.849. The number of aromatic nitrogens is 5. The monoisotopic (exact) mass is 730 g/mol. The maximum absolute atomic E-state index is 5.43. The zero-order valence-corrected chi connectivity index (χ0v) is 31.2. The van der Waals surface area contributed by atoms with Crippen molar-refractivity contribution in [3.63, 3.8) is 0 Å². The van der Waals surface area contributed by atoms with Crippen LogP contribution in [-0.2, 0) is 6.42 Å². The van der Waals surface area contributed by atoms with E-state index in [1.165, 1.54) is 71.3 Å². The van der Waals surface area contributed by atoms with Crippen LogP contribution in [0.5, 0.6) is 0 Å². The Kier molecular flexibility index (Phi) is 6.12. The SMILES string of the molecule is CN1CC=CC=C1n1c2ccccc2c2cc3c4ccccc4n(-c4ccc5c(c4)c4ccccc4n5-c4nc5cc6cc(c5nc4-c4ccccc4)C6)c3cc21. The van der Waals surface area contributed by atoms with E-state index in [1.54, 1.807) is 0 Å². The van der Waals surface area contributed by atoms with Crippen molar-refractivity contribution >= 4 is 82.3 Å². The summed E-state index contributed by atoms with van der Waals surface area (Å²) < 4.78 is 7.22. The van der Waals surface area contributed by atoms with Gasteiger partial charge in [-0.15, -0.1) is 0 Å². The second-order valence-corrected chi connectivity index (χ2v) is 15.5. The number of nitrogens with zero attached hydrogens (tertiary/aromatic N) is 6. The van der Waals surface area contributed by atoms with Crippen LogP contribution in [0.3, 0.4) is 0 Å². The normalized spacial score (nSPS) is 13.9. The van der Waals surface area contributed by atoms with Crippen LogP contribution in [-0.4, -0.2) is 42.2 Å². The van der Waals surface area contributed by atoms with Gasteiger partial charge in [-0.2, -0.15) is 0 Å². The molecule has 57 heavy (non-hydrogen) atoms. The molecule has 0 spiro atoms. The number of para-hydroxylation sites is 3. The Bertz CT molecular complexity index is 3600. The first-order valence-corrected chi connectivity index (χ1v) is 19.7. The highest BCUT2D eigenvalue weighted by Crippen LogP contribution is 2.42. The summed E-state index contributed by atoms with van der Waals surface area (Å²) in [5.41, 5.74) is 14.6. The number of hydrogen-bond acceptors (Lipinski definition) is 3. The summed E-state index contributed by atoms with van der Waals surface area (Å²) in [6.07, 6.45) is 7.58. The van der Waals surface area contributed by atoms with Crippen LogP contribution in [0.2, 0.25) is 0 Å². The van der Waals surface area contributed by atoms with Crippen molar-refractivity contribution in [3.8, 4) is 22.8 Å². The molecule has 2 aliphatic carbocycles. The summed E-state index contributed by atoms with van der Waals surface area (Å²) in [4.78, 5) is 13.1. The Hall–Kier alpha value is -7.44. The van der Waals surface area contributed by atoms with E-state index in [2.05, 4.69) is 189 Å². The molecule has 3 aliphatic rings. The van der Waals surface area contributed by atoms with E-state index in [4.69, 9.17) is 9.97 Å². The van der Waals surface area contributed by atoms with E-state index in [1.807, 2.05) is 0 Å². The van der Waals surface area contributed by atoms with Crippen LogP contribution in [0, 0.1) is 0 Å². The molecule has 4 aromatic heterocycles. The molecule has 0 fully saturated rings. The molecule has 1 aliphatic heterocycles. The molecular formula is C51H34N6. The van der Waals surface area contributed by atoms with E-state index in [0.717, 1.165) is 57.8 Å². The van der Waals surface area contributed by atoms with E-state index in [9.17, 15) is 0 Å². The molecule has 0 unspecified atom stereocenters. The lowest BCUT2D eigenvalue weighted by molar-refractivity contribution is 0.507. The van der Waals surface area contributed by atoms with Crippen LogP contribution in [0.1, 0.15) is 11.1 Å². The third-order valence-corrected chi connectivity index (χ3v) is 12.3. The van der Waals surface area contributed by atoms with Gasteiger partial charge in [-0.1, -0.05) is 103 Å². The van der Waals surface area contributed by atoms with Gasteiger partial charge >= 0.3 is 0 Å². The molecule has 0 radical (unpaired) electrons.